The standard InChI is InChI=1S/C8H17N3OS/c1-7(12)4-11-5-9(2)8(13)10(3)6-11/h7,12H,4-6H2,1-3H3. The lowest BCUT2D eigenvalue weighted by Gasteiger charge is -2.41. The van der Waals surface area contributed by atoms with Crippen LogP contribution in [-0.2, 0) is 0 Å². The minimum atomic E-state index is -0.284. The van der Waals surface area contributed by atoms with Crippen LogP contribution in [0.3, 0.4) is 0 Å². The molecule has 0 amide bonds. The van der Waals surface area contributed by atoms with E-state index in [1.165, 1.54) is 0 Å². The number of thiocarbonyl (C=S) groups is 1. The van der Waals surface area contributed by atoms with Gasteiger partial charge in [-0.15, -0.1) is 0 Å². The number of aliphatic hydroxyl groups excluding tert-OH is 1. The molecule has 4 nitrogen and oxygen atoms in total. The Bertz CT molecular complexity index is 184. The maximum Gasteiger partial charge on any atom is 0.173 e. The summed E-state index contributed by atoms with van der Waals surface area (Å²) in [5.74, 6) is 0. The van der Waals surface area contributed by atoms with E-state index in [0.29, 0.717) is 6.54 Å². The highest BCUT2D eigenvalue weighted by atomic mass is 32.1. The van der Waals surface area contributed by atoms with E-state index in [0.717, 1.165) is 18.4 Å². The SMILES string of the molecule is CC(O)CN1CN(C)C(=S)N(C)C1. The maximum absolute atomic E-state index is 9.23. The second kappa shape index (κ2) is 4.21. The molecule has 0 aliphatic carbocycles. The highest BCUT2D eigenvalue weighted by molar-refractivity contribution is 7.80. The van der Waals surface area contributed by atoms with Gasteiger partial charge >= 0.3 is 0 Å². The van der Waals surface area contributed by atoms with Crippen molar-refractivity contribution < 1.29 is 5.11 Å². The molecular formula is C8H17N3OS. The molecule has 0 radical (unpaired) electrons. The Morgan fingerprint density at radius 3 is 2.23 bits per heavy atom. The fourth-order valence-corrected chi connectivity index (χ4v) is 1.66. The fourth-order valence-electron chi connectivity index (χ4n) is 1.55. The monoisotopic (exact) mass is 203 g/mol. The van der Waals surface area contributed by atoms with E-state index < -0.39 is 0 Å². The van der Waals surface area contributed by atoms with Gasteiger partial charge in [-0.05, 0) is 19.1 Å². The minimum absolute atomic E-state index is 0.284. The summed E-state index contributed by atoms with van der Waals surface area (Å²) in [7, 11) is 3.93. The van der Waals surface area contributed by atoms with E-state index in [-0.39, 0.29) is 6.10 Å². The highest BCUT2D eigenvalue weighted by Crippen LogP contribution is 2.06. The van der Waals surface area contributed by atoms with Crippen LogP contribution in [0.15, 0.2) is 0 Å². The molecule has 13 heavy (non-hydrogen) atoms. The van der Waals surface area contributed by atoms with Crippen molar-refractivity contribution >= 4 is 17.3 Å². The van der Waals surface area contributed by atoms with Crippen molar-refractivity contribution in [3.8, 4) is 0 Å². The van der Waals surface area contributed by atoms with Crippen LogP contribution in [0, 0.1) is 0 Å². The average molecular weight is 203 g/mol. The molecule has 1 fully saturated rings. The first-order valence-electron chi connectivity index (χ1n) is 4.37. The first-order chi connectivity index (χ1) is 6.00. The summed E-state index contributed by atoms with van der Waals surface area (Å²) < 4.78 is 0. The van der Waals surface area contributed by atoms with E-state index >= 15 is 0 Å². The Balaban J connectivity index is 2.48. The quantitative estimate of drug-likeness (QED) is 0.625. The average Bonchev–Trinajstić information content (AvgIpc) is 1.98. The van der Waals surface area contributed by atoms with Gasteiger partial charge in [0.05, 0.1) is 19.4 Å². The van der Waals surface area contributed by atoms with Crippen molar-refractivity contribution in [2.45, 2.75) is 13.0 Å². The van der Waals surface area contributed by atoms with E-state index in [1.54, 1.807) is 6.92 Å². The van der Waals surface area contributed by atoms with Crippen molar-refractivity contribution in [2.24, 2.45) is 0 Å². The predicted octanol–water partition coefficient (Wildman–Crippen LogP) is -0.254. The van der Waals surface area contributed by atoms with Crippen LogP contribution in [0.5, 0.6) is 0 Å². The van der Waals surface area contributed by atoms with Crippen LogP contribution in [0.25, 0.3) is 0 Å². The zero-order valence-corrected chi connectivity index (χ0v) is 9.21. The van der Waals surface area contributed by atoms with Crippen molar-refractivity contribution in [3.05, 3.63) is 0 Å². The molecular weight excluding hydrogens is 186 g/mol. The summed E-state index contributed by atoms with van der Waals surface area (Å²) >= 11 is 5.18. The smallest absolute Gasteiger partial charge is 0.173 e. The van der Waals surface area contributed by atoms with E-state index in [1.807, 2.05) is 23.9 Å². The summed E-state index contributed by atoms with van der Waals surface area (Å²) in [5, 5.41) is 10.1. The van der Waals surface area contributed by atoms with Crippen LogP contribution in [0.4, 0.5) is 0 Å². The molecule has 0 spiro atoms. The van der Waals surface area contributed by atoms with Gasteiger partial charge in [0.15, 0.2) is 5.11 Å². The first-order valence-corrected chi connectivity index (χ1v) is 4.78. The van der Waals surface area contributed by atoms with Crippen molar-refractivity contribution in [1.82, 2.24) is 14.7 Å². The molecule has 0 saturated carbocycles. The maximum atomic E-state index is 9.23. The van der Waals surface area contributed by atoms with Gasteiger partial charge in [-0.3, -0.25) is 4.90 Å². The third-order valence-corrected chi connectivity index (χ3v) is 2.62. The van der Waals surface area contributed by atoms with Gasteiger partial charge in [-0.25, -0.2) is 0 Å². The Morgan fingerprint density at radius 2 is 1.85 bits per heavy atom. The summed E-state index contributed by atoms with van der Waals surface area (Å²) in [6, 6.07) is 0. The van der Waals surface area contributed by atoms with Gasteiger partial charge in [-0.2, -0.15) is 0 Å². The van der Waals surface area contributed by atoms with Crippen LogP contribution in [-0.4, -0.2) is 65.0 Å². The van der Waals surface area contributed by atoms with Gasteiger partial charge < -0.3 is 14.9 Å². The minimum Gasteiger partial charge on any atom is -0.392 e. The summed E-state index contributed by atoms with van der Waals surface area (Å²) in [5.41, 5.74) is 0. The Morgan fingerprint density at radius 1 is 1.38 bits per heavy atom. The number of hydrogen-bond acceptors (Lipinski definition) is 3. The summed E-state index contributed by atoms with van der Waals surface area (Å²) in [4.78, 5) is 6.16. The molecule has 1 aliphatic heterocycles. The lowest BCUT2D eigenvalue weighted by Crippen LogP contribution is -2.56. The third-order valence-electron chi connectivity index (χ3n) is 2.00. The molecule has 5 heteroatoms. The van der Waals surface area contributed by atoms with Crippen LogP contribution < -0.4 is 0 Å². The van der Waals surface area contributed by atoms with Crippen molar-refractivity contribution in [1.29, 1.82) is 0 Å². The fraction of sp³-hybridized carbons (Fsp3) is 0.875. The third kappa shape index (κ3) is 2.79. The van der Waals surface area contributed by atoms with E-state index in [4.69, 9.17) is 12.2 Å². The molecule has 0 aromatic carbocycles. The second-order valence-corrected chi connectivity index (χ2v) is 4.03. The number of rotatable bonds is 2. The van der Waals surface area contributed by atoms with Gasteiger partial charge in [0.25, 0.3) is 0 Å². The Hall–Kier alpha value is -0.390. The molecule has 1 aliphatic rings. The zero-order valence-electron chi connectivity index (χ0n) is 8.40. The lowest BCUT2D eigenvalue weighted by molar-refractivity contribution is 0.0581. The molecule has 0 bridgehead atoms. The first kappa shape index (κ1) is 10.7. The highest BCUT2D eigenvalue weighted by Gasteiger charge is 2.22. The number of aliphatic hydroxyl groups is 1. The second-order valence-electron chi connectivity index (χ2n) is 3.66. The largest absolute Gasteiger partial charge is 0.392 e. The van der Waals surface area contributed by atoms with Crippen LogP contribution in [0.2, 0.25) is 0 Å². The molecule has 1 N–H and O–H groups in total. The Kier molecular flexibility index (Phi) is 3.47. The topological polar surface area (TPSA) is 30.0 Å². The normalized spacial score (nSPS) is 22.3. The number of β-amino-alcohol motifs (C(OH)–C–C–N with tert-alkyl or cyclic N) is 1. The lowest BCUT2D eigenvalue weighted by atomic mass is 10.3. The molecule has 76 valence electrons. The summed E-state index contributed by atoms with van der Waals surface area (Å²) in [6.07, 6.45) is -0.284. The molecule has 1 unspecified atom stereocenters. The van der Waals surface area contributed by atoms with E-state index in [2.05, 4.69) is 4.90 Å². The van der Waals surface area contributed by atoms with Crippen LogP contribution >= 0.6 is 12.2 Å². The number of hydrogen-bond donors (Lipinski definition) is 1. The van der Waals surface area contributed by atoms with Crippen molar-refractivity contribution in [3.63, 3.8) is 0 Å². The molecule has 1 rings (SSSR count). The zero-order chi connectivity index (χ0) is 10.0. The predicted molar refractivity (Wildman–Crippen MR) is 56.2 cm³/mol. The number of nitrogens with zero attached hydrogens (tertiary/aromatic N) is 3. The van der Waals surface area contributed by atoms with Crippen LogP contribution in [0.1, 0.15) is 6.92 Å². The van der Waals surface area contributed by atoms with Gasteiger partial charge in [-0.1, -0.05) is 0 Å². The summed E-state index contributed by atoms with van der Waals surface area (Å²) in [6.45, 7) is 4.09. The van der Waals surface area contributed by atoms with Crippen molar-refractivity contribution in [2.75, 3.05) is 34.0 Å². The Labute approximate surface area is 84.7 Å². The van der Waals surface area contributed by atoms with Gasteiger partial charge in [0.2, 0.25) is 0 Å². The van der Waals surface area contributed by atoms with Gasteiger partial charge in [0, 0.05) is 20.6 Å². The molecule has 0 aromatic heterocycles. The molecule has 1 heterocycles. The van der Waals surface area contributed by atoms with Gasteiger partial charge in [0.1, 0.15) is 0 Å². The molecule has 1 saturated heterocycles. The molecule has 1 atom stereocenters. The molecule has 0 aromatic rings. The van der Waals surface area contributed by atoms with E-state index in [9.17, 15) is 5.11 Å².